The number of anilines is 2. The molecule has 162 valence electrons. The molecule has 0 radical (unpaired) electrons. The van der Waals surface area contributed by atoms with E-state index in [1.165, 1.54) is 11.8 Å². The Morgan fingerprint density at radius 1 is 1.03 bits per heavy atom. The zero-order valence-electron chi connectivity index (χ0n) is 18.0. The highest BCUT2D eigenvalue weighted by atomic mass is 32.2. The van der Waals surface area contributed by atoms with Gasteiger partial charge in [0.05, 0.1) is 12.3 Å². The zero-order valence-corrected chi connectivity index (χ0v) is 18.9. The number of aromatic nitrogens is 3. The number of carbonyl (C=O) groups excluding carboxylic acids is 2. The predicted octanol–water partition coefficient (Wildman–Crippen LogP) is 4.26. The van der Waals surface area contributed by atoms with E-state index < -0.39 is 0 Å². The molecule has 3 rings (SSSR count). The van der Waals surface area contributed by atoms with E-state index in [-0.39, 0.29) is 17.4 Å². The number of benzene rings is 2. The number of rotatable bonds is 10. The van der Waals surface area contributed by atoms with Crippen molar-refractivity contribution in [2.24, 2.45) is 0 Å². The summed E-state index contributed by atoms with van der Waals surface area (Å²) in [5, 5.41) is 12.6. The molecule has 0 aliphatic carbocycles. The third kappa shape index (κ3) is 5.73. The Morgan fingerprint density at radius 2 is 1.74 bits per heavy atom. The van der Waals surface area contributed by atoms with Gasteiger partial charge >= 0.3 is 0 Å². The number of hydrogen-bond donors (Lipinski definition) is 1. The maximum atomic E-state index is 12.7. The quantitative estimate of drug-likeness (QED) is 0.377. The van der Waals surface area contributed by atoms with Gasteiger partial charge in [-0.1, -0.05) is 36.9 Å². The van der Waals surface area contributed by atoms with Crippen molar-refractivity contribution in [3.05, 3.63) is 66.0 Å². The third-order valence-electron chi connectivity index (χ3n) is 4.93. The predicted molar refractivity (Wildman–Crippen MR) is 125 cm³/mol. The minimum absolute atomic E-state index is 0.0471. The molecular formula is C23H27N5O2S. The standard InChI is InChI=1S/C23H27N5O2S/c1-4-20(29)17-11-13-19(14-12-17)27(3)22(30)16-31-23-26-25-21(28(23)5-2)15-24-18-9-7-6-8-10-18/h6-14,24H,4-5,15-16H2,1-3H3. The van der Waals surface area contributed by atoms with Crippen molar-refractivity contribution in [2.75, 3.05) is 23.0 Å². The smallest absolute Gasteiger partial charge is 0.237 e. The van der Waals surface area contributed by atoms with Gasteiger partial charge < -0.3 is 14.8 Å². The van der Waals surface area contributed by atoms with Crippen LogP contribution in [0.1, 0.15) is 36.5 Å². The van der Waals surface area contributed by atoms with Gasteiger partial charge in [0.25, 0.3) is 0 Å². The molecule has 0 aliphatic rings. The SMILES string of the molecule is CCC(=O)c1ccc(N(C)C(=O)CSc2nnc(CNc3ccccc3)n2CC)cc1. The fraction of sp³-hybridized carbons (Fsp3) is 0.304. The molecule has 8 heteroatoms. The molecule has 0 unspecified atom stereocenters. The Bertz CT molecular complexity index is 1020. The first-order valence-electron chi connectivity index (χ1n) is 10.3. The third-order valence-corrected chi connectivity index (χ3v) is 5.88. The summed E-state index contributed by atoms with van der Waals surface area (Å²) in [7, 11) is 1.74. The monoisotopic (exact) mass is 437 g/mol. The van der Waals surface area contributed by atoms with Crippen molar-refractivity contribution in [1.82, 2.24) is 14.8 Å². The van der Waals surface area contributed by atoms with Crippen LogP contribution in [-0.4, -0.2) is 39.3 Å². The van der Waals surface area contributed by atoms with E-state index in [1.807, 2.05) is 48.7 Å². The lowest BCUT2D eigenvalue weighted by atomic mass is 10.1. The number of nitrogens with one attached hydrogen (secondary N) is 1. The Labute approximate surface area is 186 Å². The molecule has 3 aromatic rings. The van der Waals surface area contributed by atoms with Crippen molar-refractivity contribution in [1.29, 1.82) is 0 Å². The zero-order chi connectivity index (χ0) is 22.2. The number of Topliss-reactive ketones (excluding diaryl/α,β-unsaturated/α-hetero) is 1. The molecule has 0 aliphatic heterocycles. The number of ketones is 1. The molecule has 0 spiro atoms. The van der Waals surface area contributed by atoms with Crippen LogP contribution in [0.15, 0.2) is 59.8 Å². The van der Waals surface area contributed by atoms with E-state index in [1.54, 1.807) is 36.2 Å². The van der Waals surface area contributed by atoms with Crippen LogP contribution < -0.4 is 10.2 Å². The summed E-state index contributed by atoms with van der Waals surface area (Å²) >= 11 is 1.37. The van der Waals surface area contributed by atoms with Gasteiger partial charge in [-0.25, -0.2) is 0 Å². The summed E-state index contributed by atoms with van der Waals surface area (Å²) in [4.78, 5) is 26.0. The van der Waals surface area contributed by atoms with E-state index in [0.717, 1.165) is 28.9 Å². The Balaban J connectivity index is 1.59. The summed E-state index contributed by atoms with van der Waals surface area (Å²) in [6.45, 7) is 5.15. The summed E-state index contributed by atoms with van der Waals surface area (Å²) in [5.41, 5.74) is 2.43. The lowest BCUT2D eigenvalue weighted by Gasteiger charge is -2.17. The highest BCUT2D eigenvalue weighted by Crippen LogP contribution is 2.21. The van der Waals surface area contributed by atoms with Crippen LogP contribution in [0.4, 0.5) is 11.4 Å². The van der Waals surface area contributed by atoms with E-state index in [0.29, 0.717) is 18.5 Å². The molecule has 0 saturated heterocycles. The van der Waals surface area contributed by atoms with Crippen molar-refractivity contribution in [3.8, 4) is 0 Å². The van der Waals surface area contributed by atoms with Crippen LogP contribution in [0.3, 0.4) is 0 Å². The van der Waals surface area contributed by atoms with Crippen LogP contribution in [0, 0.1) is 0 Å². The summed E-state index contributed by atoms with van der Waals surface area (Å²) < 4.78 is 2.01. The van der Waals surface area contributed by atoms with Gasteiger partial charge in [-0.05, 0) is 43.3 Å². The summed E-state index contributed by atoms with van der Waals surface area (Å²) in [6, 6.07) is 17.1. The number of para-hydroxylation sites is 1. The molecule has 1 N–H and O–H groups in total. The number of thioether (sulfide) groups is 1. The van der Waals surface area contributed by atoms with Crippen LogP contribution in [0.2, 0.25) is 0 Å². The largest absolute Gasteiger partial charge is 0.378 e. The second-order valence-corrected chi connectivity index (χ2v) is 7.87. The van der Waals surface area contributed by atoms with Crippen molar-refractivity contribution >= 4 is 34.8 Å². The molecule has 0 fully saturated rings. The molecular weight excluding hydrogens is 410 g/mol. The first-order valence-corrected chi connectivity index (χ1v) is 11.3. The topological polar surface area (TPSA) is 80.1 Å². The van der Waals surface area contributed by atoms with Crippen molar-refractivity contribution in [2.45, 2.75) is 38.5 Å². The number of nitrogens with zero attached hydrogens (tertiary/aromatic N) is 4. The van der Waals surface area contributed by atoms with Crippen LogP contribution in [0.5, 0.6) is 0 Å². The first kappa shape index (κ1) is 22.6. The highest BCUT2D eigenvalue weighted by molar-refractivity contribution is 7.99. The lowest BCUT2D eigenvalue weighted by molar-refractivity contribution is -0.115. The highest BCUT2D eigenvalue weighted by Gasteiger charge is 2.16. The van der Waals surface area contributed by atoms with Crippen LogP contribution in [-0.2, 0) is 17.9 Å². The molecule has 1 aromatic heterocycles. The van der Waals surface area contributed by atoms with E-state index in [9.17, 15) is 9.59 Å². The van der Waals surface area contributed by atoms with Crippen molar-refractivity contribution in [3.63, 3.8) is 0 Å². The molecule has 2 aromatic carbocycles. The second kappa shape index (κ2) is 10.8. The average molecular weight is 438 g/mol. The van der Waals surface area contributed by atoms with E-state index in [2.05, 4.69) is 15.5 Å². The van der Waals surface area contributed by atoms with Gasteiger partial charge in [-0.2, -0.15) is 0 Å². The minimum atomic E-state index is -0.0471. The minimum Gasteiger partial charge on any atom is -0.378 e. The number of carbonyl (C=O) groups is 2. The maximum absolute atomic E-state index is 12.7. The van der Waals surface area contributed by atoms with Gasteiger partial charge in [0, 0.05) is 37.0 Å². The van der Waals surface area contributed by atoms with E-state index in [4.69, 9.17) is 0 Å². The molecule has 1 amide bonds. The Hall–Kier alpha value is -3.13. The molecule has 7 nitrogen and oxygen atoms in total. The van der Waals surface area contributed by atoms with Crippen LogP contribution >= 0.6 is 11.8 Å². The average Bonchev–Trinajstić information content (AvgIpc) is 3.22. The second-order valence-electron chi connectivity index (χ2n) is 6.93. The lowest BCUT2D eigenvalue weighted by Crippen LogP contribution is -2.28. The molecule has 0 bridgehead atoms. The van der Waals surface area contributed by atoms with Gasteiger partial charge in [0.15, 0.2) is 16.8 Å². The summed E-state index contributed by atoms with van der Waals surface area (Å²) in [5.74, 6) is 1.11. The molecule has 0 atom stereocenters. The fourth-order valence-corrected chi connectivity index (χ4v) is 3.99. The van der Waals surface area contributed by atoms with E-state index >= 15 is 0 Å². The normalized spacial score (nSPS) is 10.7. The molecule has 1 heterocycles. The van der Waals surface area contributed by atoms with Gasteiger partial charge in [-0.15, -0.1) is 10.2 Å². The Kier molecular flexibility index (Phi) is 7.83. The number of amides is 1. The first-order chi connectivity index (χ1) is 15.0. The van der Waals surface area contributed by atoms with Crippen molar-refractivity contribution < 1.29 is 9.59 Å². The maximum Gasteiger partial charge on any atom is 0.237 e. The molecule has 0 saturated carbocycles. The van der Waals surface area contributed by atoms with Crippen LogP contribution in [0.25, 0.3) is 0 Å². The van der Waals surface area contributed by atoms with Gasteiger partial charge in [-0.3, -0.25) is 9.59 Å². The van der Waals surface area contributed by atoms with Gasteiger partial charge in [0.1, 0.15) is 0 Å². The fourth-order valence-electron chi connectivity index (χ4n) is 3.05. The summed E-state index contributed by atoms with van der Waals surface area (Å²) in [6.07, 6.45) is 0.464. The Morgan fingerprint density at radius 3 is 2.39 bits per heavy atom. The van der Waals surface area contributed by atoms with Gasteiger partial charge in [0.2, 0.25) is 5.91 Å². The number of hydrogen-bond acceptors (Lipinski definition) is 6. The molecule has 31 heavy (non-hydrogen) atoms.